The molecule has 0 spiro atoms. The Bertz CT molecular complexity index is 1690. The molecule has 228 valence electrons. The van der Waals surface area contributed by atoms with Crippen LogP contribution in [0.2, 0.25) is 0 Å². The molecule has 0 aliphatic carbocycles. The summed E-state index contributed by atoms with van der Waals surface area (Å²) in [6.07, 6.45) is 3.29. The molecule has 0 fully saturated rings. The second-order valence-electron chi connectivity index (χ2n) is 11.1. The van der Waals surface area contributed by atoms with E-state index >= 15 is 0 Å². The van der Waals surface area contributed by atoms with Crippen LogP contribution in [0.1, 0.15) is 45.1 Å². The average molecular weight is 615 g/mol. The molecule has 0 amide bonds. The fourth-order valence-electron chi connectivity index (χ4n) is 4.62. The number of nitrogens with one attached hydrogen (secondary N) is 2. The van der Waals surface area contributed by atoms with Crippen LogP contribution in [0.25, 0.3) is 16.8 Å². The maximum Gasteiger partial charge on any atom is 0.397 e. The number of aryl methyl sites for hydroxylation is 1. The van der Waals surface area contributed by atoms with E-state index < -0.39 is 28.2 Å². The normalized spacial score (nSPS) is 15.8. The van der Waals surface area contributed by atoms with Gasteiger partial charge in [0.2, 0.25) is 5.88 Å². The summed E-state index contributed by atoms with van der Waals surface area (Å²) in [6, 6.07) is 15.7. The Kier molecular flexibility index (Phi) is 8.63. The molecule has 0 unspecified atom stereocenters. The lowest BCUT2D eigenvalue weighted by Crippen LogP contribution is -2.37. The zero-order valence-corrected chi connectivity index (χ0v) is 24.7. The number of pyridine rings is 2. The Morgan fingerprint density at radius 2 is 1.74 bits per heavy atom. The average Bonchev–Trinajstić information content (AvgIpc) is 3.44. The van der Waals surface area contributed by atoms with E-state index in [0.717, 1.165) is 57.1 Å². The Labute approximate surface area is 248 Å². The molecule has 4 aromatic rings. The second-order valence-corrected chi connectivity index (χ2v) is 12.7. The van der Waals surface area contributed by atoms with Crippen LogP contribution in [0, 0.1) is 5.41 Å². The van der Waals surface area contributed by atoms with E-state index in [1.54, 1.807) is 24.4 Å². The first kappa shape index (κ1) is 30.3. The second kappa shape index (κ2) is 12.2. The number of rotatable bonds is 4. The summed E-state index contributed by atoms with van der Waals surface area (Å²) in [6.45, 7) is 2.20. The number of benzene rings is 1. The van der Waals surface area contributed by atoms with E-state index in [1.165, 1.54) is 23.0 Å². The maximum atomic E-state index is 13.3. The minimum Gasteiger partial charge on any atom is -0.476 e. The molecular weight excluding hydrogens is 581 g/mol. The smallest absolute Gasteiger partial charge is 0.397 e. The van der Waals surface area contributed by atoms with Gasteiger partial charge in [-0.25, -0.2) is 14.6 Å². The lowest BCUT2D eigenvalue weighted by atomic mass is 9.94. The molecule has 2 N–H and O–H groups in total. The highest BCUT2D eigenvalue weighted by atomic mass is 32.2. The Hall–Kier alpha value is -4.13. The van der Waals surface area contributed by atoms with Crippen LogP contribution in [0.3, 0.4) is 0 Å². The van der Waals surface area contributed by atoms with Crippen LogP contribution >= 0.6 is 0 Å². The molecule has 0 atom stereocenters. The molecule has 3 aromatic heterocycles. The minimum atomic E-state index is -4.44. The highest BCUT2D eigenvalue weighted by Crippen LogP contribution is 2.38. The number of fused-ring (bicyclic) bond motifs is 6. The quantitative estimate of drug-likeness (QED) is 0.266. The summed E-state index contributed by atoms with van der Waals surface area (Å²) in [5, 5.41) is 7.42. The number of ether oxygens (including phenoxy) is 1. The monoisotopic (exact) mass is 614 g/mol. The predicted molar refractivity (Wildman–Crippen MR) is 158 cm³/mol. The van der Waals surface area contributed by atoms with Gasteiger partial charge in [0.1, 0.15) is 18.2 Å². The van der Waals surface area contributed by atoms with Crippen LogP contribution < -0.4 is 14.8 Å². The first-order valence-corrected chi connectivity index (χ1v) is 15.5. The first-order chi connectivity index (χ1) is 20.4. The molecular formula is C30H33F3N6O3S. The fraction of sp³-hybridized carbons (Fsp3) is 0.367. The molecule has 4 bridgehead atoms. The van der Waals surface area contributed by atoms with Crippen LogP contribution in [0.4, 0.5) is 24.8 Å². The third kappa shape index (κ3) is 7.10. The van der Waals surface area contributed by atoms with Crippen molar-refractivity contribution >= 4 is 21.7 Å². The van der Waals surface area contributed by atoms with Crippen molar-refractivity contribution in [2.24, 2.45) is 5.41 Å². The van der Waals surface area contributed by atoms with Crippen molar-refractivity contribution in [3.8, 4) is 22.7 Å². The summed E-state index contributed by atoms with van der Waals surface area (Å²) in [5.74, 6) is 0.568. The van der Waals surface area contributed by atoms with Gasteiger partial charge >= 0.3 is 6.18 Å². The lowest BCUT2D eigenvalue weighted by molar-refractivity contribution is -0.219. The number of aromatic nitrogens is 4. The zero-order valence-electron chi connectivity index (χ0n) is 23.9. The van der Waals surface area contributed by atoms with Crippen LogP contribution in [0.5, 0.6) is 5.88 Å². The molecule has 43 heavy (non-hydrogen) atoms. The van der Waals surface area contributed by atoms with Gasteiger partial charge in [-0.1, -0.05) is 43.2 Å². The van der Waals surface area contributed by atoms with Crippen molar-refractivity contribution in [2.75, 3.05) is 23.2 Å². The number of nitrogens with zero attached hydrogens (tertiary/aromatic N) is 4. The molecule has 1 aromatic carbocycles. The number of hydrogen-bond donors (Lipinski definition) is 2. The van der Waals surface area contributed by atoms with Crippen molar-refractivity contribution in [3.05, 3.63) is 72.6 Å². The van der Waals surface area contributed by atoms with Crippen molar-refractivity contribution in [2.45, 2.75) is 57.2 Å². The molecule has 1 aliphatic heterocycles. The van der Waals surface area contributed by atoms with Crippen molar-refractivity contribution in [1.29, 1.82) is 0 Å². The molecule has 13 heteroatoms. The number of halogens is 3. The van der Waals surface area contributed by atoms with Gasteiger partial charge in [0.25, 0.3) is 10.0 Å². The number of hydrogen-bond acceptors (Lipinski definition) is 7. The van der Waals surface area contributed by atoms with Gasteiger partial charge in [0, 0.05) is 24.4 Å². The van der Waals surface area contributed by atoms with Gasteiger partial charge in [-0.2, -0.15) is 21.6 Å². The van der Waals surface area contributed by atoms with Gasteiger partial charge in [0.15, 0.2) is 5.03 Å². The highest BCUT2D eigenvalue weighted by Gasteiger charge is 2.48. The minimum absolute atomic E-state index is 0.0198. The summed E-state index contributed by atoms with van der Waals surface area (Å²) >= 11 is 0. The SMILES string of the molecule is CC(C)(COc1ccn(-c2cnc3cc2-c2ccccc2CCCCCCNc2cccc(n2)S(=O)(=O)N3)n1)C(F)(F)F. The van der Waals surface area contributed by atoms with E-state index in [1.807, 2.05) is 24.3 Å². The molecule has 0 saturated heterocycles. The van der Waals surface area contributed by atoms with E-state index in [4.69, 9.17) is 4.74 Å². The van der Waals surface area contributed by atoms with Crippen LogP contribution in [-0.4, -0.2) is 47.5 Å². The molecule has 5 rings (SSSR count). The molecule has 0 saturated carbocycles. The Morgan fingerprint density at radius 3 is 2.56 bits per heavy atom. The van der Waals surface area contributed by atoms with Crippen molar-refractivity contribution in [1.82, 2.24) is 19.7 Å². The largest absolute Gasteiger partial charge is 0.476 e. The number of anilines is 2. The van der Waals surface area contributed by atoms with Gasteiger partial charge in [-0.3, -0.25) is 4.72 Å². The van der Waals surface area contributed by atoms with Gasteiger partial charge in [-0.05, 0) is 62.4 Å². The predicted octanol–water partition coefficient (Wildman–Crippen LogP) is 6.63. The topological polar surface area (TPSA) is 111 Å². The summed E-state index contributed by atoms with van der Waals surface area (Å²) < 4.78 is 76.0. The number of sulfonamides is 1. The summed E-state index contributed by atoms with van der Waals surface area (Å²) in [4.78, 5) is 8.63. The molecule has 4 heterocycles. The molecule has 1 aliphatic rings. The standard InChI is InChI=1S/C30H33F3N6O3S/c1-29(2,30(31,32)33)20-42-27-15-17-39(37-27)24-19-35-26-18-23(24)22-12-7-6-11-21(22)10-5-3-4-8-16-34-25-13-9-14-28(36-25)43(40,41)38-26/h6-7,9,11-15,17-19H,3-5,8,10,16,20H2,1-2H3,(H,34,36)(H,35,38). The van der Waals surface area contributed by atoms with E-state index in [0.29, 0.717) is 23.6 Å². The zero-order chi connectivity index (χ0) is 30.7. The first-order valence-electron chi connectivity index (χ1n) is 14.0. The summed E-state index contributed by atoms with van der Waals surface area (Å²) in [5.41, 5.74) is 1.01. The van der Waals surface area contributed by atoms with Gasteiger partial charge < -0.3 is 10.1 Å². The van der Waals surface area contributed by atoms with Crippen LogP contribution in [-0.2, 0) is 16.4 Å². The van der Waals surface area contributed by atoms with Crippen molar-refractivity contribution in [3.63, 3.8) is 0 Å². The third-order valence-corrected chi connectivity index (χ3v) is 8.52. The Morgan fingerprint density at radius 1 is 0.953 bits per heavy atom. The number of alkyl halides is 3. The summed E-state index contributed by atoms with van der Waals surface area (Å²) in [7, 11) is -4.07. The maximum absolute atomic E-state index is 13.3. The fourth-order valence-corrected chi connectivity index (χ4v) is 5.59. The highest BCUT2D eigenvalue weighted by molar-refractivity contribution is 7.92. The van der Waals surface area contributed by atoms with Gasteiger partial charge in [-0.15, -0.1) is 5.10 Å². The lowest BCUT2D eigenvalue weighted by Gasteiger charge is -2.26. The van der Waals surface area contributed by atoms with Crippen LogP contribution in [0.15, 0.2) is 72.0 Å². The van der Waals surface area contributed by atoms with E-state index in [2.05, 4.69) is 25.1 Å². The van der Waals surface area contributed by atoms with E-state index in [9.17, 15) is 21.6 Å². The molecule has 9 nitrogen and oxygen atoms in total. The van der Waals surface area contributed by atoms with Crippen molar-refractivity contribution < 1.29 is 26.3 Å². The van der Waals surface area contributed by atoms with Gasteiger partial charge in [0.05, 0.1) is 17.3 Å². The Balaban J connectivity index is 1.54. The van der Waals surface area contributed by atoms with E-state index in [-0.39, 0.29) is 16.7 Å². The molecule has 0 radical (unpaired) electrons. The third-order valence-electron chi connectivity index (χ3n) is 7.27.